The molecule has 0 unspecified atom stereocenters. The lowest BCUT2D eigenvalue weighted by molar-refractivity contribution is -0.0517. The van der Waals surface area contributed by atoms with E-state index in [0.29, 0.717) is 0 Å². The van der Waals surface area contributed by atoms with Crippen molar-refractivity contribution >= 4 is 15.8 Å². The number of rotatable bonds is 1. The zero-order valence-corrected chi connectivity index (χ0v) is 13.7. The summed E-state index contributed by atoms with van der Waals surface area (Å²) in [6.07, 6.45) is 0. The first-order valence-corrected chi connectivity index (χ1v) is 7.40. The van der Waals surface area contributed by atoms with Gasteiger partial charge in [0.25, 0.3) is 0 Å². The number of hydrogen-bond donors (Lipinski definition) is 0. The number of hydrogen-bond acceptors (Lipinski definition) is 3. The third-order valence-corrected chi connectivity index (χ3v) is 3.16. The molecule has 0 fully saturated rings. The van der Waals surface area contributed by atoms with Gasteiger partial charge in [-0.15, -0.1) is 0 Å². The molecule has 1 aromatic carbocycles. The van der Waals surface area contributed by atoms with E-state index in [9.17, 15) is 13.2 Å². The molecule has 4 nitrogen and oxygen atoms in total. The van der Waals surface area contributed by atoms with E-state index in [0.717, 1.165) is 4.48 Å². The molecule has 0 atom stereocenters. The molecule has 0 amide bonds. The maximum absolute atomic E-state index is 10.7. The molecule has 1 aromatic rings. The molecule has 8 heteroatoms. The van der Waals surface area contributed by atoms with Crippen molar-refractivity contribution in [1.82, 2.24) is 4.48 Å². The molecule has 0 bridgehead atoms. The van der Waals surface area contributed by atoms with Crippen LogP contribution in [0, 0.1) is 20.8 Å². The van der Waals surface area contributed by atoms with Gasteiger partial charge in [-0.3, -0.25) is 4.48 Å². The molecule has 0 aliphatic rings. The zero-order valence-electron chi connectivity index (χ0n) is 12.9. The fourth-order valence-corrected chi connectivity index (χ4v) is 2.23. The second-order valence-corrected chi connectivity index (χ2v) is 7.03. The van der Waals surface area contributed by atoms with Gasteiger partial charge in [-0.25, -0.2) is 8.42 Å². The van der Waals surface area contributed by atoms with Gasteiger partial charge in [-0.2, -0.15) is 13.2 Å². The zero-order chi connectivity index (χ0) is 17.2. The van der Waals surface area contributed by atoms with E-state index in [4.69, 9.17) is 13.0 Å². The standard InChI is InChI=1S/C12H20N.CHF3O3S/c1-9-7-10(2)12(11(3)8-9)13(4,5)6;2-1(3,4)8(5,6)7/h7-8H,1-6H3;(H,5,6,7)/q+1;/p-1. The van der Waals surface area contributed by atoms with Crippen LogP contribution >= 0.6 is 0 Å². The molecule has 0 spiro atoms. The third-order valence-electron chi connectivity index (χ3n) is 2.59. The van der Waals surface area contributed by atoms with Crippen LogP contribution in [-0.2, 0) is 10.1 Å². The number of halogens is 3. The van der Waals surface area contributed by atoms with Gasteiger partial charge in [0, 0.05) is 11.1 Å². The summed E-state index contributed by atoms with van der Waals surface area (Å²) < 4.78 is 59.8. The Morgan fingerprint density at radius 3 is 1.48 bits per heavy atom. The van der Waals surface area contributed by atoms with Crippen LogP contribution in [0.4, 0.5) is 18.9 Å². The average Bonchev–Trinajstić information content (AvgIpc) is 2.09. The minimum Gasteiger partial charge on any atom is -0.741 e. The van der Waals surface area contributed by atoms with E-state index in [1.54, 1.807) is 0 Å². The normalized spacial score (nSPS) is 12.7. The van der Waals surface area contributed by atoms with Gasteiger partial charge in [0.05, 0.1) is 21.1 Å². The molecule has 0 heterocycles. The van der Waals surface area contributed by atoms with Crippen LogP contribution in [0.1, 0.15) is 16.7 Å². The minimum atomic E-state index is -6.09. The number of benzene rings is 1. The molecule has 0 aliphatic carbocycles. The van der Waals surface area contributed by atoms with Crippen LogP contribution < -0.4 is 4.48 Å². The molecule has 0 N–H and O–H groups in total. The third kappa shape index (κ3) is 6.03. The van der Waals surface area contributed by atoms with E-state index in [1.165, 1.54) is 22.4 Å². The summed E-state index contributed by atoms with van der Waals surface area (Å²) in [5, 5.41) is 0. The largest absolute Gasteiger partial charge is 0.741 e. The van der Waals surface area contributed by atoms with Gasteiger partial charge < -0.3 is 4.55 Å². The Morgan fingerprint density at radius 1 is 1.00 bits per heavy atom. The van der Waals surface area contributed by atoms with Crippen molar-refractivity contribution < 1.29 is 26.1 Å². The maximum Gasteiger partial charge on any atom is 0.485 e. The topological polar surface area (TPSA) is 57.2 Å². The van der Waals surface area contributed by atoms with Gasteiger partial charge in [0.1, 0.15) is 5.69 Å². The molecule has 1 rings (SSSR count). The molecule has 0 radical (unpaired) electrons. The Morgan fingerprint density at radius 2 is 1.29 bits per heavy atom. The number of quaternary nitrogens is 1. The highest BCUT2D eigenvalue weighted by atomic mass is 32.2. The summed E-state index contributed by atoms with van der Waals surface area (Å²) in [5.41, 5.74) is -0.0692. The highest BCUT2D eigenvalue weighted by Crippen LogP contribution is 2.27. The molecule has 0 aliphatic heterocycles. The molecule has 0 saturated carbocycles. The van der Waals surface area contributed by atoms with Gasteiger partial charge in [0.2, 0.25) is 0 Å². The van der Waals surface area contributed by atoms with E-state index >= 15 is 0 Å². The highest BCUT2D eigenvalue weighted by molar-refractivity contribution is 7.86. The average molecular weight is 327 g/mol. The Kier molecular flexibility index (Phi) is 5.99. The van der Waals surface area contributed by atoms with Gasteiger partial charge in [0.15, 0.2) is 10.1 Å². The molecule has 122 valence electrons. The second-order valence-electron chi connectivity index (χ2n) is 5.66. The van der Waals surface area contributed by atoms with E-state index < -0.39 is 15.6 Å². The summed E-state index contributed by atoms with van der Waals surface area (Å²) in [5.74, 6) is 0. The van der Waals surface area contributed by atoms with Gasteiger partial charge >= 0.3 is 5.51 Å². The lowest BCUT2D eigenvalue weighted by Gasteiger charge is -2.27. The van der Waals surface area contributed by atoms with Crippen molar-refractivity contribution in [2.75, 3.05) is 21.1 Å². The molecule has 21 heavy (non-hydrogen) atoms. The smallest absolute Gasteiger partial charge is 0.485 e. The summed E-state index contributed by atoms with van der Waals surface area (Å²) in [6.45, 7) is 6.54. The van der Waals surface area contributed by atoms with E-state index in [2.05, 4.69) is 54.0 Å². The van der Waals surface area contributed by atoms with Crippen molar-refractivity contribution in [3.8, 4) is 0 Å². The van der Waals surface area contributed by atoms with Crippen LogP contribution in [0.25, 0.3) is 0 Å². The van der Waals surface area contributed by atoms with Crippen molar-refractivity contribution in [2.24, 2.45) is 0 Å². The number of aryl methyl sites for hydroxylation is 3. The lowest BCUT2D eigenvalue weighted by Crippen LogP contribution is -2.36. The molecular formula is C13H20F3NO3S. The Balaban J connectivity index is 0.000000433. The van der Waals surface area contributed by atoms with Crippen LogP contribution in [-0.4, -0.2) is 39.6 Å². The van der Waals surface area contributed by atoms with Gasteiger partial charge in [-0.1, -0.05) is 17.7 Å². The lowest BCUT2D eigenvalue weighted by atomic mass is 10.0. The first-order valence-electron chi connectivity index (χ1n) is 5.99. The van der Waals surface area contributed by atoms with Crippen LogP contribution in [0.15, 0.2) is 12.1 Å². The van der Waals surface area contributed by atoms with Crippen molar-refractivity contribution in [1.29, 1.82) is 0 Å². The predicted molar refractivity (Wildman–Crippen MR) is 76.0 cm³/mol. The summed E-state index contributed by atoms with van der Waals surface area (Å²) in [7, 11) is 0.549. The fourth-order valence-electron chi connectivity index (χ4n) is 2.23. The van der Waals surface area contributed by atoms with Gasteiger partial charge in [-0.05, 0) is 20.8 Å². The van der Waals surface area contributed by atoms with Crippen molar-refractivity contribution in [3.05, 3.63) is 28.8 Å². The first kappa shape index (κ1) is 19.9. The maximum atomic E-state index is 10.7. The summed E-state index contributed by atoms with van der Waals surface area (Å²) in [4.78, 5) is 0. The fraction of sp³-hybridized carbons (Fsp3) is 0.538. The van der Waals surface area contributed by atoms with Crippen LogP contribution in [0.3, 0.4) is 0 Å². The SMILES string of the molecule is Cc1cc(C)c([N+](C)(C)C)c(C)c1.O=S(=O)([O-])C(F)(F)F. The van der Waals surface area contributed by atoms with Crippen molar-refractivity contribution in [2.45, 2.75) is 26.3 Å². The van der Waals surface area contributed by atoms with Crippen LogP contribution in [0.2, 0.25) is 0 Å². The Hall–Kier alpha value is -1.12. The first-order chi connectivity index (χ1) is 9.07. The number of alkyl halides is 3. The summed E-state index contributed by atoms with van der Waals surface area (Å²) in [6, 6.07) is 4.51. The minimum absolute atomic E-state index is 0.901. The van der Waals surface area contributed by atoms with E-state index in [1.807, 2.05) is 0 Å². The Labute approximate surface area is 123 Å². The summed E-state index contributed by atoms with van der Waals surface area (Å²) >= 11 is 0. The van der Waals surface area contributed by atoms with Crippen molar-refractivity contribution in [3.63, 3.8) is 0 Å². The monoisotopic (exact) mass is 327 g/mol. The quantitative estimate of drug-likeness (QED) is 0.453. The molecule has 0 aromatic heterocycles. The van der Waals surface area contributed by atoms with Crippen LogP contribution in [0.5, 0.6) is 0 Å². The van der Waals surface area contributed by atoms with E-state index in [-0.39, 0.29) is 0 Å². The Bertz CT molecular complexity index is 579. The highest BCUT2D eigenvalue weighted by Gasteiger charge is 2.36. The number of nitrogens with zero attached hydrogens (tertiary/aromatic N) is 1. The molecule has 0 saturated heterocycles. The predicted octanol–water partition coefficient (Wildman–Crippen LogP) is 2.86. The second kappa shape index (κ2) is 6.33. The molecular weight excluding hydrogens is 307 g/mol.